The summed E-state index contributed by atoms with van der Waals surface area (Å²) in [6.45, 7) is 5.26. The number of carbonyl (C=O) groups excluding carboxylic acids is 1. The van der Waals surface area contributed by atoms with E-state index in [2.05, 4.69) is 22.0 Å². The van der Waals surface area contributed by atoms with E-state index in [4.69, 9.17) is 15.0 Å². The van der Waals surface area contributed by atoms with E-state index in [9.17, 15) is 4.79 Å². The Labute approximate surface area is 159 Å². The van der Waals surface area contributed by atoms with Gasteiger partial charge in [-0.3, -0.25) is 9.69 Å². The summed E-state index contributed by atoms with van der Waals surface area (Å²) in [6.07, 6.45) is 0.108. The van der Waals surface area contributed by atoms with Crippen LogP contribution in [0.4, 0.5) is 0 Å². The van der Waals surface area contributed by atoms with Gasteiger partial charge in [0.25, 0.3) is 0 Å². The molecule has 1 amide bonds. The van der Waals surface area contributed by atoms with E-state index in [0.717, 1.165) is 18.7 Å². The van der Waals surface area contributed by atoms with Gasteiger partial charge >= 0.3 is 0 Å². The van der Waals surface area contributed by atoms with Gasteiger partial charge in [-0.25, -0.2) is 0 Å². The number of amides is 1. The summed E-state index contributed by atoms with van der Waals surface area (Å²) in [5.74, 6) is 1.28. The van der Waals surface area contributed by atoms with Crippen LogP contribution in [0.1, 0.15) is 25.3 Å². The molecule has 2 unspecified atom stereocenters. The third kappa shape index (κ3) is 4.71. The van der Waals surface area contributed by atoms with E-state index in [1.807, 2.05) is 35.2 Å². The largest absolute Gasteiger partial charge is 0.380 e. The molecule has 1 saturated heterocycles. The normalized spacial score (nSPS) is 17.7. The van der Waals surface area contributed by atoms with Gasteiger partial charge in [0.2, 0.25) is 17.6 Å². The van der Waals surface area contributed by atoms with E-state index in [-0.39, 0.29) is 18.1 Å². The Bertz CT molecular complexity index is 724. The molecule has 2 N–H and O–H groups in total. The second-order valence-electron chi connectivity index (χ2n) is 6.71. The minimum absolute atomic E-state index is 0.00276. The average Bonchev–Trinajstić information content (AvgIpc) is 3.22. The van der Waals surface area contributed by atoms with Crippen LogP contribution < -0.4 is 5.73 Å². The molecule has 1 aliphatic rings. The van der Waals surface area contributed by atoms with Gasteiger partial charge in [0.15, 0.2) is 0 Å². The molecule has 2 heterocycles. The number of benzene rings is 1. The standard InChI is InChI=1S/C19H27N5O3/c1-14(19-21-18(22-27-19)15-6-4-3-5-7-15)23-8-10-24(11-9-23)17(25)12-16(13-20)26-2/h3-7,14,16H,8-13,20H2,1-2H3. The molecule has 0 aliphatic carbocycles. The van der Waals surface area contributed by atoms with Crippen LogP contribution in [0.5, 0.6) is 0 Å². The Balaban J connectivity index is 1.55. The summed E-state index contributed by atoms with van der Waals surface area (Å²) < 4.78 is 10.7. The summed E-state index contributed by atoms with van der Waals surface area (Å²) in [4.78, 5) is 21.0. The third-order valence-corrected chi connectivity index (χ3v) is 5.04. The van der Waals surface area contributed by atoms with Crippen molar-refractivity contribution in [2.45, 2.75) is 25.5 Å². The van der Waals surface area contributed by atoms with Crippen LogP contribution in [-0.4, -0.2) is 71.8 Å². The van der Waals surface area contributed by atoms with Crippen molar-refractivity contribution in [2.75, 3.05) is 39.8 Å². The molecule has 0 bridgehead atoms. The maximum Gasteiger partial charge on any atom is 0.244 e. The van der Waals surface area contributed by atoms with Gasteiger partial charge < -0.3 is 19.9 Å². The molecule has 8 heteroatoms. The quantitative estimate of drug-likeness (QED) is 0.781. The van der Waals surface area contributed by atoms with Crippen molar-refractivity contribution in [2.24, 2.45) is 5.73 Å². The van der Waals surface area contributed by atoms with Crippen LogP contribution in [0.3, 0.4) is 0 Å². The lowest BCUT2D eigenvalue weighted by Crippen LogP contribution is -2.50. The molecular weight excluding hydrogens is 346 g/mol. The number of hydrogen-bond donors (Lipinski definition) is 1. The zero-order valence-corrected chi connectivity index (χ0v) is 15.9. The molecule has 1 fully saturated rings. The molecular formula is C19H27N5O3. The van der Waals surface area contributed by atoms with Crippen LogP contribution in [0.2, 0.25) is 0 Å². The third-order valence-electron chi connectivity index (χ3n) is 5.04. The van der Waals surface area contributed by atoms with Crippen LogP contribution in [0.15, 0.2) is 34.9 Å². The molecule has 1 aromatic carbocycles. The number of piperazine rings is 1. The Morgan fingerprint density at radius 1 is 1.26 bits per heavy atom. The lowest BCUT2D eigenvalue weighted by Gasteiger charge is -2.37. The number of rotatable bonds is 7. The molecule has 0 saturated carbocycles. The van der Waals surface area contributed by atoms with Crippen molar-refractivity contribution < 1.29 is 14.1 Å². The molecule has 146 valence electrons. The van der Waals surface area contributed by atoms with Crippen LogP contribution in [-0.2, 0) is 9.53 Å². The van der Waals surface area contributed by atoms with Gasteiger partial charge in [0.05, 0.1) is 18.6 Å². The monoisotopic (exact) mass is 373 g/mol. The van der Waals surface area contributed by atoms with E-state index < -0.39 is 0 Å². The lowest BCUT2D eigenvalue weighted by atomic mass is 10.2. The number of ether oxygens (including phenoxy) is 1. The number of carbonyl (C=O) groups is 1. The summed E-state index contributed by atoms with van der Waals surface area (Å²) in [7, 11) is 1.58. The highest BCUT2D eigenvalue weighted by molar-refractivity contribution is 5.76. The fraction of sp³-hybridized carbons (Fsp3) is 0.526. The molecule has 8 nitrogen and oxygen atoms in total. The number of aromatic nitrogens is 2. The van der Waals surface area contributed by atoms with Crippen LogP contribution >= 0.6 is 0 Å². The Morgan fingerprint density at radius 3 is 2.59 bits per heavy atom. The zero-order chi connectivity index (χ0) is 19.2. The van der Waals surface area contributed by atoms with Gasteiger partial charge in [0, 0.05) is 45.4 Å². The maximum absolute atomic E-state index is 12.4. The van der Waals surface area contributed by atoms with Crippen LogP contribution in [0, 0.1) is 0 Å². The highest BCUT2D eigenvalue weighted by atomic mass is 16.5. The molecule has 1 aliphatic heterocycles. The Kier molecular flexibility index (Phi) is 6.54. The highest BCUT2D eigenvalue weighted by Crippen LogP contribution is 2.23. The second kappa shape index (κ2) is 9.07. The van der Waals surface area contributed by atoms with E-state index >= 15 is 0 Å². The molecule has 3 rings (SSSR count). The van der Waals surface area contributed by atoms with Crippen molar-refractivity contribution in [3.8, 4) is 11.4 Å². The topological polar surface area (TPSA) is 97.7 Å². The molecule has 0 radical (unpaired) electrons. The number of nitrogens with two attached hydrogens (primary N) is 1. The fourth-order valence-electron chi connectivity index (χ4n) is 3.21. The number of nitrogens with zero attached hydrogens (tertiary/aromatic N) is 4. The van der Waals surface area contributed by atoms with Crippen molar-refractivity contribution >= 4 is 5.91 Å². The first kappa shape index (κ1) is 19.5. The van der Waals surface area contributed by atoms with Gasteiger partial charge in [-0.15, -0.1) is 0 Å². The minimum Gasteiger partial charge on any atom is -0.380 e. The Morgan fingerprint density at radius 2 is 1.96 bits per heavy atom. The SMILES string of the molecule is COC(CN)CC(=O)N1CCN(C(C)c2nc(-c3ccccc3)no2)CC1. The molecule has 0 spiro atoms. The van der Waals surface area contributed by atoms with Gasteiger partial charge in [-0.05, 0) is 6.92 Å². The first-order chi connectivity index (χ1) is 13.1. The van der Waals surface area contributed by atoms with Gasteiger partial charge in [-0.1, -0.05) is 35.5 Å². The fourth-order valence-corrected chi connectivity index (χ4v) is 3.21. The minimum atomic E-state index is -0.218. The predicted octanol–water partition coefficient (Wildman–Crippen LogP) is 1.31. The summed E-state index contributed by atoms with van der Waals surface area (Å²) in [5, 5.41) is 4.09. The molecule has 2 atom stereocenters. The first-order valence-electron chi connectivity index (χ1n) is 9.26. The summed E-state index contributed by atoms with van der Waals surface area (Å²) in [5.41, 5.74) is 6.54. The average molecular weight is 373 g/mol. The molecule has 27 heavy (non-hydrogen) atoms. The highest BCUT2D eigenvalue weighted by Gasteiger charge is 2.28. The summed E-state index contributed by atoms with van der Waals surface area (Å²) in [6, 6.07) is 9.77. The Hall–Kier alpha value is -2.29. The predicted molar refractivity (Wildman–Crippen MR) is 101 cm³/mol. The van der Waals surface area contributed by atoms with E-state index in [1.54, 1.807) is 7.11 Å². The summed E-state index contributed by atoms with van der Waals surface area (Å²) >= 11 is 0. The molecule has 2 aromatic rings. The second-order valence-corrected chi connectivity index (χ2v) is 6.71. The van der Waals surface area contributed by atoms with Crippen molar-refractivity contribution in [1.29, 1.82) is 0 Å². The lowest BCUT2D eigenvalue weighted by molar-refractivity contribution is -0.135. The zero-order valence-electron chi connectivity index (χ0n) is 15.9. The maximum atomic E-state index is 12.4. The number of hydrogen-bond acceptors (Lipinski definition) is 7. The van der Waals surface area contributed by atoms with Crippen molar-refractivity contribution in [1.82, 2.24) is 19.9 Å². The van der Waals surface area contributed by atoms with Gasteiger partial charge in [0.1, 0.15) is 0 Å². The number of methoxy groups -OCH3 is 1. The van der Waals surface area contributed by atoms with Crippen molar-refractivity contribution in [3.63, 3.8) is 0 Å². The van der Waals surface area contributed by atoms with E-state index in [1.165, 1.54) is 0 Å². The first-order valence-corrected chi connectivity index (χ1v) is 9.26. The van der Waals surface area contributed by atoms with Gasteiger partial charge in [-0.2, -0.15) is 4.98 Å². The van der Waals surface area contributed by atoms with Crippen molar-refractivity contribution in [3.05, 3.63) is 36.2 Å². The van der Waals surface area contributed by atoms with E-state index in [0.29, 0.717) is 37.8 Å². The smallest absolute Gasteiger partial charge is 0.244 e. The molecule has 1 aromatic heterocycles. The van der Waals surface area contributed by atoms with Crippen LogP contribution in [0.25, 0.3) is 11.4 Å².